The molecule has 0 aliphatic carbocycles. The Kier molecular flexibility index (Phi) is 2.95. The molecule has 5 heteroatoms. The number of nitrogens with one attached hydrogen (secondary N) is 1. The second-order valence-electron chi connectivity index (χ2n) is 4.12. The minimum absolute atomic E-state index is 0.177. The van der Waals surface area contributed by atoms with E-state index in [0.717, 1.165) is 19.0 Å². The van der Waals surface area contributed by atoms with Gasteiger partial charge in [0, 0.05) is 6.04 Å². The summed E-state index contributed by atoms with van der Waals surface area (Å²) < 4.78 is 17.6. The van der Waals surface area contributed by atoms with Crippen LogP contribution in [-0.4, -0.2) is 40.7 Å². The molecule has 2 heterocycles. The van der Waals surface area contributed by atoms with Crippen LogP contribution in [0.5, 0.6) is 0 Å². The topological polar surface area (TPSA) is 39.7 Å². The summed E-state index contributed by atoms with van der Waals surface area (Å²) in [4.78, 5) is 0. The van der Waals surface area contributed by atoms with Gasteiger partial charge in [-0.1, -0.05) is 0 Å². The molecule has 1 N–H and O–H groups in total. The van der Waals surface area contributed by atoms with Gasteiger partial charge in [-0.3, -0.25) is 0 Å². The van der Waals surface area contributed by atoms with Crippen molar-refractivity contribution in [3.63, 3.8) is 0 Å². The number of fused-ring (bicyclic) bond motifs is 2. The third-order valence-corrected chi connectivity index (χ3v) is 5.94. The lowest BCUT2D eigenvalue weighted by Gasteiger charge is -2.26. The summed E-state index contributed by atoms with van der Waals surface area (Å²) in [5, 5.41) is 3.12. The van der Waals surface area contributed by atoms with Gasteiger partial charge in [0.15, 0.2) is 0 Å². The molecule has 0 spiro atoms. The molecular formula is C9H19NO3Si. The first kappa shape index (κ1) is 10.6. The Morgan fingerprint density at radius 1 is 1.14 bits per heavy atom. The lowest BCUT2D eigenvalue weighted by Crippen LogP contribution is -2.44. The number of hydrogen-bond acceptors (Lipinski definition) is 4. The first-order valence-corrected chi connectivity index (χ1v) is 7.28. The Morgan fingerprint density at radius 2 is 1.79 bits per heavy atom. The van der Waals surface area contributed by atoms with Gasteiger partial charge in [0.2, 0.25) is 0 Å². The Hall–Kier alpha value is 0.0569. The van der Waals surface area contributed by atoms with E-state index < -0.39 is 8.80 Å². The molecule has 82 valence electrons. The summed E-state index contributed by atoms with van der Waals surface area (Å²) in [7, 11) is -0.278. The molecular weight excluding hydrogens is 198 g/mol. The van der Waals surface area contributed by atoms with E-state index in [1.165, 1.54) is 0 Å². The van der Waals surface area contributed by atoms with Crippen LogP contribution in [0.1, 0.15) is 20.3 Å². The SMILES string of the molecule is CNCCC[Si]12OC(C)C(O1)C(C)O2. The van der Waals surface area contributed by atoms with E-state index in [2.05, 4.69) is 19.2 Å². The van der Waals surface area contributed by atoms with E-state index in [-0.39, 0.29) is 18.3 Å². The summed E-state index contributed by atoms with van der Waals surface area (Å²) in [5.74, 6) is 0. The van der Waals surface area contributed by atoms with Crippen molar-refractivity contribution in [1.82, 2.24) is 5.32 Å². The predicted molar refractivity (Wildman–Crippen MR) is 55.1 cm³/mol. The van der Waals surface area contributed by atoms with E-state index in [0.29, 0.717) is 0 Å². The van der Waals surface area contributed by atoms with Crippen LogP contribution in [0.15, 0.2) is 0 Å². The molecule has 0 radical (unpaired) electrons. The maximum atomic E-state index is 5.90. The van der Waals surface area contributed by atoms with E-state index in [1.54, 1.807) is 0 Å². The van der Waals surface area contributed by atoms with Gasteiger partial charge in [0.05, 0.1) is 18.3 Å². The van der Waals surface area contributed by atoms with Gasteiger partial charge < -0.3 is 18.6 Å². The molecule has 0 saturated carbocycles. The smallest absolute Gasteiger partial charge is 0.368 e. The summed E-state index contributed by atoms with van der Waals surface area (Å²) in [6.45, 7) is 5.16. The molecule has 0 aromatic heterocycles. The lowest BCUT2D eigenvalue weighted by molar-refractivity contribution is 0.0405. The standard InChI is InChI=1S/C9H19NO3Si/c1-7-9-8(2)12-14(11-7,13-9)6-4-5-10-3/h7-10H,4-6H2,1-3H3. The van der Waals surface area contributed by atoms with E-state index in [1.807, 2.05) is 7.05 Å². The van der Waals surface area contributed by atoms with Crippen LogP contribution in [-0.2, 0) is 13.3 Å². The van der Waals surface area contributed by atoms with E-state index >= 15 is 0 Å². The number of hydrogen-bond donors (Lipinski definition) is 1. The highest BCUT2D eigenvalue weighted by atomic mass is 28.4. The average Bonchev–Trinajstić information content (AvgIpc) is 2.58. The second kappa shape index (κ2) is 3.90. The van der Waals surface area contributed by atoms with Crippen molar-refractivity contribution in [2.45, 2.75) is 44.6 Å². The summed E-state index contributed by atoms with van der Waals surface area (Å²) >= 11 is 0. The fraction of sp³-hybridized carbons (Fsp3) is 1.00. The quantitative estimate of drug-likeness (QED) is 0.557. The first-order chi connectivity index (χ1) is 6.67. The molecule has 2 aliphatic heterocycles. The highest BCUT2D eigenvalue weighted by Gasteiger charge is 2.60. The summed E-state index contributed by atoms with van der Waals surface area (Å²) in [6, 6.07) is 0.943. The van der Waals surface area contributed by atoms with Crippen molar-refractivity contribution in [2.24, 2.45) is 0 Å². The van der Waals surface area contributed by atoms with Crippen LogP contribution < -0.4 is 5.32 Å². The highest BCUT2D eigenvalue weighted by molar-refractivity contribution is 6.62. The van der Waals surface area contributed by atoms with Gasteiger partial charge in [0.25, 0.3) is 0 Å². The number of rotatable bonds is 4. The Labute approximate surface area is 86.3 Å². The molecule has 2 fully saturated rings. The predicted octanol–water partition coefficient (Wildman–Crippen LogP) is 0.757. The first-order valence-electron chi connectivity index (χ1n) is 5.35. The van der Waals surface area contributed by atoms with Gasteiger partial charge in [-0.2, -0.15) is 0 Å². The molecule has 0 aromatic rings. The Balaban J connectivity index is 1.90. The van der Waals surface area contributed by atoms with Crippen LogP contribution in [0.25, 0.3) is 0 Å². The third kappa shape index (κ3) is 1.75. The largest absolute Gasteiger partial charge is 0.502 e. The van der Waals surface area contributed by atoms with Crippen molar-refractivity contribution in [3.05, 3.63) is 0 Å². The highest BCUT2D eigenvalue weighted by Crippen LogP contribution is 2.40. The normalized spacial score (nSPS) is 46.1. The van der Waals surface area contributed by atoms with Gasteiger partial charge in [0.1, 0.15) is 0 Å². The zero-order chi connectivity index (χ0) is 10.2. The Bertz CT molecular complexity index is 202. The van der Waals surface area contributed by atoms with Crippen LogP contribution >= 0.6 is 0 Å². The fourth-order valence-electron chi connectivity index (χ4n) is 2.22. The molecule has 2 aliphatic rings. The molecule has 14 heavy (non-hydrogen) atoms. The third-order valence-electron chi connectivity index (χ3n) is 2.88. The zero-order valence-electron chi connectivity index (χ0n) is 9.08. The van der Waals surface area contributed by atoms with Crippen LogP contribution in [0, 0.1) is 0 Å². The molecule has 0 amide bonds. The van der Waals surface area contributed by atoms with Crippen molar-refractivity contribution in [3.8, 4) is 0 Å². The summed E-state index contributed by atoms with van der Waals surface area (Å²) in [5.41, 5.74) is 0. The molecule has 4 nitrogen and oxygen atoms in total. The van der Waals surface area contributed by atoms with Crippen molar-refractivity contribution in [1.29, 1.82) is 0 Å². The second-order valence-corrected chi connectivity index (χ2v) is 6.69. The minimum atomic E-state index is -2.24. The average molecular weight is 217 g/mol. The van der Waals surface area contributed by atoms with Gasteiger partial charge in [-0.15, -0.1) is 0 Å². The van der Waals surface area contributed by atoms with Crippen molar-refractivity contribution < 1.29 is 13.3 Å². The van der Waals surface area contributed by atoms with Crippen LogP contribution in [0.2, 0.25) is 6.04 Å². The van der Waals surface area contributed by atoms with Gasteiger partial charge in [-0.25, -0.2) is 0 Å². The van der Waals surface area contributed by atoms with Crippen molar-refractivity contribution in [2.75, 3.05) is 13.6 Å². The zero-order valence-corrected chi connectivity index (χ0v) is 10.1. The minimum Gasteiger partial charge on any atom is -0.368 e. The van der Waals surface area contributed by atoms with E-state index in [9.17, 15) is 0 Å². The maximum absolute atomic E-state index is 5.90. The molecule has 0 aromatic carbocycles. The lowest BCUT2D eigenvalue weighted by atomic mass is 10.1. The van der Waals surface area contributed by atoms with Crippen LogP contribution in [0.3, 0.4) is 0 Å². The molecule has 2 rings (SSSR count). The molecule has 2 atom stereocenters. The summed E-state index contributed by atoms with van der Waals surface area (Å²) in [6.07, 6.45) is 1.69. The van der Waals surface area contributed by atoms with Gasteiger partial charge in [-0.05, 0) is 33.9 Å². The molecule has 2 unspecified atom stereocenters. The van der Waals surface area contributed by atoms with E-state index in [4.69, 9.17) is 13.3 Å². The molecule has 2 saturated heterocycles. The van der Waals surface area contributed by atoms with Crippen LogP contribution in [0.4, 0.5) is 0 Å². The maximum Gasteiger partial charge on any atom is 0.502 e. The van der Waals surface area contributed by atoms with Gasteiger partial charge >= 0.3 is 8.80 Å². The Morgan fingerprint density at radius 3 is 2.29 bits per heavy atom. The monoisotopic (exact) mass is 217 g/mol. The molecule has 2 bridgehead atoms. The fourth-order valence-corrected chi connectivity index (χ4v) is 5.55. The van der Waals surface area contributed by atoms with Crippen molar-refractivity contribution >= 4 is 8.80 Å².